The molecule has 1 rings (SSSR count). The Morgan fingerprint density at radius 1 is 1.24 bits per heavy atom. The van der Waals surface area contributed by atoms with Crippen molar-refractivity contribution in [2.45, 2.75) is 44.9 Å². The van der Waals surface area contributed by atoms with Gasteiger partial charge in [-0.05, 0) is 37.1 Å². The van der Waals surface area contributed by atoms with Gasteiger partial charge < -0.3 is 10.1 Å². The van der Waals surface area contributed by atoms with E-state index in [9.17, 15) is 5.26 Å². The van der Waals surface area contributed by atoms with Crippen LogP contribution in [0.1, 0.15) is 26.7 Å². The van der Waals surface area contributed by atoms with Gasteiger partial charge in [0.25, 0.3) is 6.71 Å². The van der Waals surface area contributed by atoms with Gasteiger partial charge in [0.05, 0.1) is 13.2 Å². The molecule has 1 unspecified atom stereocenters. The van der Waals surface area contributed by atoms with Crippen molar-refractivity contribution >= 4 is 12.4 Å². The summed E-state index contributed by atoms with van der Waals surface area (Å²) in [5.41, 5.74) is 0.267. The lowest BCUT2D eigenvalue weighted by Gasteiger charge is -2.28. The minimum Gasteiger partial charge on any atom is -0.497 e. The van der Waals surface area contributed by atoms with Crippen molar-refractivity contribution in [2.24, 2.45) is 0 Å². The first-order chi connectivity index (χ1) is 10.1. The third kappa shape index (κ3) is 4.72. The second-order valence-corrected chi connectivity index (χ2v) is 5.17. The number of nitrogens with zero attached hydrogens (tertiary/aromatic N) is 2. The molecule has 0 aromatic heterocycles. The van der Waals surface area contributed by atoms with E-state index in [0.717, 1.165) is 24.1 Å². The van der Waals surface area contributed by atoms with Crippen LogP contribution in [0.4, 0.5) is 5.69 Å². The Labute approximate surface area is 127 Å². The number of anilines is 1. The summed E-state index contributed by atoms with van der Waals surface area (Å²) < 4.78 is 5.13. The fourth-order valence-electron chi connectivity index (χ4n) is 2.22. The lowest BCUT2D eigenvalue weighted by Crippen LogP contribution is -2.37. The van der Waals surface area contributed by atoms with Crippen LogP contribution in [0.3, 0.4) is 0 Å². The molecule has 1 aromatic carbocycles. The normalized spacial score (nSPS) is 12.6. The summed E-state index contributed by atoms with van der Waals surface area (Å²) in [6.45, 7) is 4.01. The zero-order chi connectivity index (χ0) is 15.7. The topological polar surface area (TPSA) is 68.8 Å². The number of benzene rings is 1. The third-order valence-corrected chi connectivity index (χ3v) is 3.89. The molecule has 1 atom stereocenters. The first kappa shape index (κ1) is 16.9. The summed E-state index contributed by atoms with van der Waals surface area (Å²) in [6.07, 6.45) is 2.91. The Bertz CT molecular complexity index is 518. The largest absolute Gasteiger partial charge is 0.497 e. The van der Waals surface area contributed by atoms with E-state index in [4.69, 9.17) is 10.00 Å². The molecule has 0 bridgehead atoms. The molecule has 0 saturated carbocycles. The van der Waals surface area contributed by atoms with Gasteiger partial charge >= 0.3 is 0 Å². The average molecular weight is 283 g/mol. The van der Waals surface area contributed by atoms with Crippen LogP contribution in [0.5, 0.6) is 5.75 Å². The predicted octanol–water partition coefficient (Wildman–Crippen LogP) is 3.75. The third-order valence-electron chi connectivity index (χ3n) is 3.89. The van der Waals surface area contributed by atoms with E-state index in [1.54, 1.807) is 7.11 Å². The molecule has 0 heterocycles. The molecule has 21 heavy (non-hydrogen) atoms. The van der Waals surface area contributed by atoms with Crippen molar-refractivity contribution in [3.05, 3.63) is 24.3 Å². The van der Waals surface area contributed by atoms with Crippen molar-refractivity contribution < 1.29 is 4.74 Å². The summed E-state index contributed by atoms with van der Waals surface area (Å²) in [5, 5.41) is 21.9. The average Bonchev–Trinajstić information content (AvgIpc) is 2.55. The summed E-state index contributed by atoms with van der Waals surface area (Å²) in [5.74, 6) is 3.08. The second-order valence-electron chi connectivity index (χ2n) is 5.17. The SMILES string of the molecule is CCB(C#N)CCC(C#N)(CC)Nc1ccc(OC)cc1. The van der Waals surface area contributed by atoms with Crippen LogP contribution in [0.2, 0.25) is 12.6 Å². The molecule has 4 nitrogen and oxygen atoms in total. The second kappa shape index (κ2) is 8.22. The van der Waals surface area contributed by atoms with Gasteiger partial charge in [-0.25, -0.2) is 5.26 Å². The van der Waals surface area contributed by atoms with Crippen LogP contribution in [0, 0.1) is 22.6 Å². The Hall–Kier alpha value is -2.14. The smallest absolute Gasteiger partial charge is 0.267 e. The summed E-state index contributed by atoms with van der Waals surface area (Å²) in [7, 11) is 1.63. The van der Waals surface area contributed by atoms with E-state index >= 15 is 0 Å². The standard InChI is InChI=1S/C16H22BN3O/c1-4-16(12-18,10-11-17(5-2)13-19)20-14-6-8-15(21-3)9-7-14/h6-9,20H,4-5,10-11H2,1-3H3. The van der Waals surface area contributed by atoms with Gasteiger partial charge in [-0.1, -0.05) is 26.5 Å². The van der Waals surface area contributed by atoms with Crippen LogP contribution in [0.15, 0.2) is 24.3 Å². The molecule has 0 radical (unpaired) electrons. The quantitative estimate of drug-likeness (QED) is 0.738. The van der Waals surface area contributed by atoms with Gasteiger partial charge in [-0.15, -0.1) is 0 Å². The van der Waals surface area contributed by atoms with Crippen LogP contribution in [0.25, 0.3) is 0 Å². The van der Waals surface area contributed by atoms with Gasteiger partial charge in [-0.2, -0.15) is 5.26 Å². The van der Waals surface area contributed by atoms with E-state index in [0.29, 0.717) is 12.8 Å². The van der Waals surface area contributed by atoms with Gasteiger partial charge in [0, 0.05) is 11.7 Å². The summed E-state index contributed by atoms with van der Waals surface area (Å²) in [4.78, 5) is 0. The highest BCUT2D eigenvalue weighted by Gasteiger charge is 2.29. The monoisotopic (exact) mass is 283 g/mol. The molecule has 0 aliphatic heterocycles. The Morgan fingerprint density at radius 3 is 2.33 bits per heavy atom. The van der Waals surface area contributed by atoms with Crippen molar-refractivity contribution in [1.29, 1.82) is 10.5 Å². The maximum Gasteiger partial charge on any atom is 0.267 e. The van der Waals surface area contributed by atoms with Crippen molar-refractivity contribution in [3.8, 4) is 17.8 Å². The van der Waals surface area contributed by atoms with E-state index in [1.807, 2.05) is 38.1 Å². The molecule has 0 aliphatic carbocycles. The maximum atomic E-state index is 9.58. The molecule has 0 spiro atoms. The van der Waals surface area contributed by atoms with Gasteiger partial charge in [0.15, 0.2) is 0 Å². The number of nitrogens with one attached hydrogen (secondary N) is 1. The Kier molecular flexibility index (Phi) is 6.62. The number of hydrogen-bond acceptors (Lipinski definition) is 4. The van der Waals surface area contributed by atoms with E-state index in [-0.39, 0.29) is 6.71 Å². The predicted molar refractivity (Wildman–Crippen MR) is 86.5 cm³/mol. The first-order valence-electron chi connectivity index (χ1n) is 7.36. The number of ether oxygens (including phenoxy) is 1. The van der Waals surface area contributed by atoms with Crippen LogP contribution in [-0.2, 0) is 0 Å². The Balaban J connectivity index is 2.80. The molecular weight excluding hydrogens is 261 g/mol. The van der Waals surface area contributed by atoms with E-state index in [2.05, 4.69) is 17.4 Å². The maximum absolute atomic E-state index is 9.58. The van der Waals surface area contributed by atoms with Crippen molar-refractivity contribution in [3.63, 3.8) is 0 Å². The molecule has 0 fully saturated rings. The molecule has 5 heteroatoms. The number of methoxy groups -OCH3 is 1. The molecule has 0 aliphatic rings. The highest BCUT2D eigenvalue weighted by Crippen LogP contribution is 2.26. The first-order valence-corrected chi connectivity index (χ1v) is 7.36. The van der Waals surface area contributed by atoms with Gasteiger partial charge in [-0.3, -0.25) is 0 Å². The van der Waals surface area contributed by atoms with Crippen LogP contribution < -0.4 is 10.1 Å². The zero-order valence-electron chi connectivity index (χ0n) is 13.0. The molecule has 0 amide bonds. The van der Waals surface area contributed by atoms with Crippen LogP contribution >= 0.6 is 0 Å². The highest BCUT2D eigenvalue weighted by molar-refractivity contribution is 6.66. The molecule has 1 aromatic rings. The minimum atomic E-state index is -0.626. The van der Waals surface area contributed by atoms with Gasteiger partial charge in [0.1, 0.15) is 11.3 Å². The Morgan fingerprint density at radius 2 is 1.90 bits per heavy atom. The minimum absolute atomic E-state index is 0.0157. The van der Waals surface area contributed by atoms with E-state index in [1.165, 1.54) is 0 Å². The van der Waals surface area contributed by atoms with Crippen molar-refractivity contribution in [1.82, 2.24) is 0 Å². The number of hydrogen-bond donors (Lipinski definition) is 1. The fourth-order valence-corrected chi connectivity index (χ4v) is 2.22. The molecule has 1 N–H and O–H groups in total. The molecule has 110 valence electrons. The molecule has 0 saturated heterocycles. The lowest BCUT2D eigenvalue weighted by atomic mass is 9.45. The number of rotatable bonds is 8. The summed E-state index contributed by atoms with van der Waals surface area (Å²) in [6, 6.07) is 9.93. The zero-order valence-corrected chi connectivity index (χ0v) is 13.0. The molecular formula is C16H22BN3O. The van der Waals surface area contributed by atoms with E-state index < -0.39 is 5.54 Å². The lowest BCUT2D eigenvalue weighted by molar-refractivity contribution is 0.415. The van der Waals surface area contributed by atoms with Gasteiger partial charge in [0.2, 0.25) is 0 Å². The summed E-state index contributed by atoms with van der Waals surface area (Å²) >= 11 is 0. The fraction of sp³-hybridized carbons (Fsp3) is 0.500. The highest BCUT2D eigenvalue weighted by atomic mass is 16.5. The van der Waals surface area contributed by atoms with Crippen LogP contribution in [-0.4, -0.2) is 19.4 Å². The van der Waals surface area contributed by atoms with Crippen molar-refractivity contribution in [2.75, 3.05) is 12.4 Å². The number of nitriles is 2.